The van der Waals surface area contributed by atoms with Crippen LogP contribution < -0.4 is 10.1 Å². The summed E-state index contributed by atoms with van der Waals surface area (Å²) >= 11 is 0. The number of allylic oxidation sites excluding steroid dienone is 1. The Hall–Kier alpha value is -2.83. The number of ether oxygens (including phenoxy) is 2. The van der Waals surface area contributed by atoms with Gasteiger partial charge in [0.15, 0.2) is 0 Å². The van der Waals surface area contributed by atoms with Crippen molar-refractivity contribution >= 4 is 11.9 Å². The van der Waals surface area contributed by atoms with Crippen LogP contribution in [0.1, 0.15) is 46.2 Å². The molecule has 1 aromatic carbocycles. The molecule has 1 aliphatic heterocycles. The second kappa shape index (κ2) is 7.19. The number of benzene rings is 1. The predicted molar refractivity (Wildman–Crippen MR) is 97.9 cm³/mol. The smallest absolute Gasteiger partial charge is 0.338 e. The molecule has 0 saturated heterocycles. The third-order valence-corrected chi connectivity index (χ3v) is 3.90. The normalized spacial score (nSPS) is 16.5. The van der Waals surface area contributed by atoms with E-state index in [1.807, 2.05) is 58.9 Å². The van der Waals surface area contributed by atoms with E-state index in [-0.39, 0.29) is 18.2 Å². The third-order valence-electron chi connectivity index (χ3n) is 3.90. The summed E-state index contributed by atoms with van der Waals surface area (Å²) in [6.45, 7) is 9.45. The molecule has 0 aliphatic carbocycles. The van der Waals surface area contributed by atoms with E-state index in [1.165, 1.54) is 6.33 Å². The van der Waals surface area contributed by atoms with E-state index in [0.29, 0.717) is 17.2 Å². The Labute approximate surface area is 153 Å². The van der Waals surface area contributed by atoms with Gasteiger partial charge >= 0.3 is 5.97 Å². The molecule has 3 rings (SSSR count). The van der Waals surface area contributed by atoms with Crippen molar-refractivity contribution < 1.29 is 14.3 Å². The van der Waals surface area contributed by atoms with Crippen LogP contribution >= 0.6 is 0 Å². The summed E-state index contributed by atoms with van der Waals surface area (Å²) in [4.78, 5) is 17.0. The molecule has 2 aromatic rings. The van der Waals surface area contributed by atoms with Gasteiger partial charge in [-0.3, -0.25) is 0 Å². The first kappa shape index (κ1) is 18.0. The maximum Gasteiger partial charge on any atom is 0.338 e. The summed E-state index contributed by atoms with van der Waals surface area (Å²) < 4.78 is 13.0. The van der Waals surface area contributed by atoms with E-state index in [9.17, 15) is 4.79 Å². The lowest BCUT2D eigenvalue weighted by atomic mass is 9.95. The fourth-order valence-corrected chi connectivity index (χ4v) is 2.97. The monoisotopic (exact) mass is 356 g/mol. The molecular weight excluding hydrogens is 332 g/mol. The van der Waals surface area contributed by atoms with Crippen molar-refractivity contribution in [3.05, 3.63) is 47.4 Å². The van der Waals surface area contributed by atoms with E-state index in [0.717, 1.165) is 11.3 Å². The SMILES string of the molecule is CC1=C(C(=O)OC(C)C)C(c2cccc(OC(C)C)c2)n2ncnc2N1. The molecule has 1 aliphatic rings. The molecule has 7 heteroatoms. The van der Waals surface area contributed by atoms with E-state index >= 15 is 0 Å². The van der Waals surface area contributed by atoms with Gasteiger partial charge in [-0.25, -0.2) is 9.48 Å². The van der Waals surface area contributed by atoms with Gasteiger partial charge in [0.05, 0.1) is 17.8 Å². The van der Waals surface area contributed by atoms with Crippen LogP contribution in [0.15, 0.2) is 41.9 Å². The van der Waals surface area contributed by atoms with Gasteiger partial charge in [-0.05, 0) is 52.3 Å². The molecule has 1 unspecified atom stereocenters. The Bertz CT molecular complexity index is 839. The van der Waals surface area contributed by atoms with Crippen molar-refractivity contribution in [2.24, 2.45) is 0 Å². The maximum absolute atomic E-state index is 12.8. The molecule has 2 heterocycles. The van der Waals surface area contributed by atoms with Crippen molar-refractivity contribution in [2.45, 2.75) is 52.9 Å². The van der Waals surface area contributed by atoms with Crippen LogP contribution in [0.4, 0.5) is 5.95 Å². The van der Waals surface area contributed by atoms with Gasteiger partial charge in [0.25, 0.3) is 0 Å². The number of aromatic nitrogens is 3. The number of anilines is 1. The van der Waals surface area contributed by atoms with E-state index in [2.05, 4.69) is 15.4 Å². The summed E-state index contributed by atoms with van der Waals surface area (Å²) in [5, 5.41) is 7.44. The molecule has 0 spiro atoms. The van der Waals surface area contributed by atoms with Crippen LogP contribution in [-0.2, 0) is 9.53 Å². The van der Waals surface area contributed by atoms with E-state index in [4.69, 9.17) is 9.47 Å². The second-order valence-electron chi connectivity index (χ2n) is 6.79. The van der Waals surface area contributed by atoms with Gasteiger partial charge in [-0.2, -0.15) is 10.1 Å². The highest BCUT2D eigenvalue weighted by atomic mass is 16.5. The first-order chi connectivity index (χ1) is 12.4. The Kier molecular flexibility index (Phi) is 4.97. The van der Waals surface area contributed by atoms with E-state index in [1.54, 1.807) is 4.68 Å². The quantitative estimate of drug-likeness (QED) is 0.828. The number of rotatable bonds is 5. The van der Waals surface area contributed by atoms with Gasteiger partial charge in [-0.1, -0.05) is 12.1 Å². The van der Waals surface area contributed by atoms with Crippen molar-refractivity contribution in [3.8, 4) is 5.75 Å². The van der Waals surface area contributed by atoms with Gasteiger partial charge in [0.1, 0.15) is 18.1 Å². The number of nitrogens with one attached hydrogen (secondary N) is 1. The van der Waals surface area contributed by atoms with Gasteiger partial charge < -0.3 is 14.8 Å². The van der Waals surface area contributed by atoms with Crippen LogP contribution in [0.25, 0.3) is 0 Å². The molecule has 0 bridgehead atoms. The molecule has 0 radical (unpaired) electrons. The number of fused-ring (bicyclic) bond motifs is 1. The number of hydrogen-bond acceptors (Lipinski definition) is 6. The minimum absolute atomic E-state index is 0.0582. The molecular formula is C19H24N4O3. The zero-order chi connectivity index (χ0) is 18.8. The summed E-state index contributed by atoms with van der Waals surface area (Å²) in [5.74, 6) is 0.960. The van der Waals surface area contributed by atoms with Crippen molar-refractivity contribution in [2.75, 3.05) is 5.32 Å². The Morgan fingerprint density at radius 3 is 2.69 bits per heavy atom. The fourth-order valence-electron chi connectivity index (χ4n) is 2.97. The van der Waals surface area contributed by atoms with Gasteiger partial charge in [0, 0.05) is 5.70 Å². The lowest BCUT2D eigenvalue weighted by molar-refractivity contribution is -0.143. The summed E-state index contributed by atoms with van der Waals surface area (Å²) in [7, 11) is 0. The first-order valence-electron chi connectivity index (χ1n) is 8.71. The Morgan fingerprint density at radius 1 is 1.23 bits per heavy atom. The van der Waals surface area contributed by atoms with Crippen molar-refractivity contribution in [1.82, 2.24) is 14.8 Å². The number of nitrogens with zero attached hydrogens (tertiary/aromatic N) is 3. The zero-order valence-electron chi connectivity index (χ0n) is 15.7. The van der Waals surface area contributed by atoms with Crippen LogP contribution in [-0.4, -0.2) is 32.9 Å². The number of carbonyl (C=O) groups excluding carboxylic acids is 1. The predicted octanol–water partition coefficient (Wildman–Crippen LogP) is 3.31. The minimum atomic E-state index is -0.435. The van der Waals surface area contributed by atoms with Gasteiger partial charge in [-0.15, -0.1) is 0 Å². The zero-order valence-corrected chi connectivity index (χ0v) is 15.7. The molecule has 26 heavy (non-hydrogen) atoms. The summed E-state index contributed by atoms with van der Waals surface area (Å²) in [6, 6.07) is 7.25. The van der Waals surface area contributed by atoms with Crippen LogP contribution in [0.2, 0.25) is 0 Å². The van der Waals surface area contributed by atoms with Crippen LogP contribution in [0.5, 0.6) is 5.75 Å². The standard InChI is InChI=1S/C19H24N4O3/c1-11(2)25-15-8-6-7-14(9-15)17-16(18(24)26-12(3)4)13(5)22-19-20-10-21-23(17)19/h6-12,17H,1-5H3,(H,20,21,22). The molecule has 1 N–H and O–H groups in total. The topological polar surface area (TPSA) is 78.3 Å². The molecule has 138 valence electrons. The Morgan fingerprint density at radius 2 is 2.00 bits per heavy atom. The maximum atomic E-state index is 12.8. The van der Waals surface area contributed by atoms with Gasteiger partial charge in [0.2, 0.25) is 5.95 Å². The van der Waals surface area contributed by atoms with Crippen LogP contribution in [0, 0.1) is 0 Å². The molecule has 0 amide bonds. The lowest BCUT2D eigenvalue weighted by Gasteiger charge is -2.29. The third kappa shape index (κ3) is 3.56. The summed E-state index contributed by atoms with van der Waals surface area (Å²) in [5.41, 5.74) is 2.10. The fraction of sp³-hybridized carbons (Fsp3) is 0.421. The highest BCUT2D eigenvalue weighted by Gasteiger charge is 2.34. The molecule has 0 saturated carbocycles. The molecule has 1 atom stereocenters. The average Bonchev–Trinajstić information content (AvgIpc) is 3.00. The minimum Gasteiger partial charge on any atom is -0.491 e. The number of hydrogen-bond donors (Lipinski definition) is 1. The van der Waals surface area contributed by atoms with Crippen LogP contribution in [0.3, 0.4) is 0 Å². The van der Waals surface area contributed by atoms with Crippen molar-refractivity contribution in [1.29, 1.82) is 0 Å². The average molecular weight is 356 g/mol. The molecule has 1 aromatic heterocycles. The highest BCUT2D eigenvalue weighted by molar-refractivity contribution is 5.92. The number of carbonyl (C=O) groups is 1. The van der Waals surface area contributed by atoms with E-state index < -0.39 is 6.04 Å². The Balaban J connectivity index is 2.08. The molecule has 7 nitrogen and oxygen atoms in total. The van der Waals surface area contributed by atoms with Crippen molar-refractivity contribution in [3.63, 3.8) is 0 Å². The highest BCUT2D eigenvalue weighted by Crippen LogP contribution is 2.36. The summed E-state index contributed by atoms with van der Waals surface area (Å²) in [6.07, 6.45) is 1.31. The largest absolute Gasteiger partial charge is 0.491 e. The second-order valence-corrected chi connectivity index (χ2v) is 6.79. The first-order valence-corrected chi connectivity index (χ1v) is 8.71. The molecule has 0 fully saturated rings. The number of esters is 1. The lowest BCUT2D eigenvalue weighted by Crippen LogP contribution is -2.30.